The molecule has 2 N–H and O–H groups in total. The molecule has 0 aliphatic carbocycles. The zero-order chi connectivity index (χ0) is 21.6. The molecule has 0 fully saturated rings. The number of ether oxygens (including phenoxy) is 1. The topological polar surface area (TPSA) is 145 Å². The molecule has 11 heteroatoms. The molecule has 0 aliphatic rings. The van der Waals surface area contributed by atoms with Gasteiger partial charge in [0.15, 0.2) is 16.4 Å². The maximum Gasteiger partial charge on any atom is 0.271 e. The zero-order valence-corrected chi connectivity index (χ0v) is 16.5. The fourth-order valence-electron chi connectivity index (χ4n) is 2.30. The summed E-state index contributed by atoms with van der Waals surface area (Å²) in [5.74, 6) is -0.712. The van der Waals surface area contributed by atoms with Crippen molar-refractivity contribution in [2.75, 3.05) is 24.7 Å². The Morgan fingerprint density at radius 1 is 1.17 bits per heavy atom. The average Bonchev–Trinajstić information content (AvgIpc) is 2.66. The number of carbonyl (C=O) groups excluding carboxylic acids is 2. The molecule has 2 aromatic carbocycles. The van der Waals surface area contributed by atoms with Gasteiger partial charge in [-0.25, -0.2) is 8.42 Å². The summed E-state index contributed by atoms with van der Waals surface area (Å²) >= 11 is 0. The van der Waals surface area contributed by atoms with E-state index in [0.717, 1.165) is 24.5 Å². The van der Waals surface area contributed by atoms with Crippen molar-refractivity contribution in [2.24, 2.45) is 0 Å². The van der Waals surface area contributed by atoms with E-state index in [0.29, 0.717) is 18.0 Å². The molecule has 0 saturated carbocycles. The number of carbonyl (C=O) groups is 2. The second kappa shape index (κ2) is 9.15. The normalized spacial score (nSPS) is 10.8. The molecule has 0 unspecified atom stereocenters. The number of nitro groups is 1. The molecule has 2 rings (SSSR count). The van der Waals surface area contributed by atoms with Crippen molar-refractivity contribution in [1.29, 1.82) is 0 Å². The molecule has 0 radical (unpaired) electrons. The average molecular weight is 421 g/mol. The van der Waals surface area contributed by atoms with Crippen LogP contribution in [0, 0.1) is 10.1 Å². The second-order valence-corrected chi connectivity index (χ2v) is 7.98. The number of amides is 2. The van der Waals surface area contributed by atoms with Gasteiger partial charge in [-0.05, 0) is 25.1 Å². The number of nitro benzene ring substituents is 1. The molecular formula is C18H19N3O7S. The van der Waals surface area contributed by atoms with E-state index in [-0.39, 0.29) is 23.0 Å². The molecule has 2 amide bonds. The van der Waals surface area contributed by atoms with Gasteiger partial charge < -0.3 is 15.4 Å². The van der Waals surface area contributed by atoms with Crippen LogP contribution in [0.5, 0.6) is 5.75 Å². The van der Waals surface area contributed by atoms with Crippen LogP contribution in [-0.4, -0.2) is 44.6 Å². The summed E-state index contributed by atoms with van der Waals surface area (Å²) in [5.41, 5.74) is -0.402. The first kappa shape index (κ1) is 21.8. The van der Waals surface area contributed by atoms with Crippen molar-refractivity contribution < 1.29 is 27.7 Å². The lowest BCUT2D eigenvalue weighted by Crippen LogP contribution is -2.28. The highest BCUT2D eigenvalue weighted by molar-refractivity contribution is 7.90. The Hall–Kier alpha value is -3.47. The quantitative estimate of drug-likeness (QED) is 0.488. The van der Waals surface area contributed by atoms with Crippen molar-refractivity contribution in [3.8, 4) is 5.75 Å². The smallest absolute Gasteiger partial charge is 0.271 e. The van der Waals surface area contributed by atoms with Crippen molar-refractivity contribution in [3.63, 3.8) is 0 Å². The van der Waals surface area contributed by atoms with Crippen LogP contribution < -0.4 is 15.4 Å². The summed E-state index contributed by atoms with van der Waals surface area (Å²) in [6.45, 7) is 2.04. The van der Waals surface area contributed by atoms with Crippen LogP contribution in [0.1, 0.15) is 17.3 Å². The second-order valence-electron chi connectivity index (χ2n) is 5.97. The van der Waals surface area contributed by atoms with E-state index < -0.39 is 26.4 Å². The number of hydrogen-bond donors (Lipinski definition) is 2. The summed E-state index contributed by atoms with van der Waals surface area (Å²) in [6.07, 6.45) is 0.892. The summed E-state index contributed by atoms with van der Waals surface area (Å²) in [7, 11) is -3.76. The lowest BCUT2D eigenvalue weighted by Gasteiger charge is -2.10. The Kier molecular flexibility index (Phi) is 6.89. The lowest BCUT2D eigenvalue weighted by atomic mass is 10.2. The number of nitrogens with zero attached hydrogens (tertiary/aromatic N) is 1. The maximum absolute atomic E-state index is 12.5. The predicted octanol–water partition coefficient (Wildman–Crippen LogP) is 1.77. The largest absolute Gasteiger partial charge is 0.484 e. The van der Waals surface area contributed by atoms with E-state index >= 15 is 0 Å². The third kappa shape index (κ3) is 6.28. The van der Waals surface area contributed by atoms with E-state index in [2.05, 4.69) is 10.6 Å². The van der Waals surface area contributed by atoms with Crippen LogP contribution in [0.4, 0.5) is 11.4 Å². The van der Waals surface area contributed by atoms with Crippen LogP contribution >= 0.6 is 0 Å². The number of non-ortho nitro benzene ring substituents is 1. The summed E-state index contributed by atoms with van der Waals surface area (Å²) < 4.78 is 28.8. The predicted molar refractivity (Wildman–Crippen MR) is 105 cm³/mol. The van der Waals surface area contributed by atoms with Gasteiger partial charge in [0.05, 0.1) is 9.82 Å². The first-order valence-electron chi connectivity index (χ1n) is 8.40. The van der Waals surface area contributed by atoms with E-state index in [1.54, 1.807) is 25.1 Å². The van der Waals surface area contributed by atoms with Crippen molar-refractivity contribution in [1.82, 2.24) is 5.32 Å². The molecule has 29 heavy (non-hydrogen) atoms. The molecule has 0 heterocycles. The molecule has 154 valence electrons. The Morgan fingerprint density at radius 2 is 1.90 bits per heavy atom. The standard InChI is InChI=1S/C18H19N3O7S/c1-3-19-17(22)11-28-15-6-4-5-13(9-15)20-18(23)12-7-14(21(24)25)10-16(8-12)29(2,26)27/h4-10H,3,11H2,1-2H3,(H,19,22)(H,20,23). The molecule has 0 aromatic heterocycles. The number of likely N-dealkylation sites (N-methyl/N-ethyl adjacent to an activating group) is 1. The maximum atomic E-state index is 12.5. The monoisotopic (exact) mass is 421 g/mol. The van der Waals surface area contributed by atoms with Crippen molar-refractivity contribution in [3.05, 3.63) is 58.1 Å². The Labute approximate surface area is 166 Å². The number of anilines is 1. The molecule has 0 spiro atoms. The van der Waals surface area contributed by atoms with Crippen LogP contribution in [0.25, 0.3) is 0 Å². The number of nitrogens with one attached hydrogen (secondary N) is 2. The van der Waals surface area contributed by atoms with Gasteiger partial charge >= 0.3 is 0 Å². The Bertz CT molecular complexity index is 1050. The minimum Gasteiger partial charge on any atom is -0.484 e. The van der Waals surface area contributed by atoms with E-state index in [4.69, 9.17) is 4.74 Å². The van der Waals surface area contributed by atoms with Gasteiger partial charge in [0.1, 0.15) is 5.75 Å². The van der Waals surface area contributed by atoms with Gasteiger partial charge in [0.2, 0.25) is 0 Å². The van der Waals surface area contributed by atoms with Crippen LogP contribution in [0.15, 0.2) is 47.4 Å². The van der Waals surface area contributed by atoms with E-state index in [9.17, 15) is 28.1 Å². The summed E-state index contributed by atoms with van der Waals surface area (Å²) in [6, 6.07) is 9.12. The Balaban J connectivity index is 2.22. The summed E-state index contributed by atoms with van der Waals surface area (Å²) in [4.78, 5) is 33.9. The van der Waals surface area contributed by atoms with Crippen LogP contribution in [-0.2, 0) is 14.6 Å². The molecule has 0 saturated heterocycles. The van der Waals surface area contributed by atoms with Gasteiger partial charge in [-0.15, -0.1) is 0 Å². The number of rotatable bonds is 8. The molecule has 0 atom stereocenters. The fraction of sp³-hybridized carbons (Fsp3) is 0.222. The third-order valence-corrected chi connectivity index (χ3v) is 4.72. The molecule has 0 bridgehead atoms. The van der Waals surface area contributed by atoms with Crippen LogP contribution in [0.2, 0.25) is 0 Å². The minimum atomic E-state index is -3.76. The zero-order valence-electron chi connectivity index (χ0n) is 15.7. The highest BCUT2D eigenvalue weighted by atomic mass is 32.2. The SMILES string of the molecule is CCNC(=O)COc1cccc(NC(=O)c2cc([N+](=O)[O-])cc(S(C)(=O)=O)c2)c1. The number of sulfone groups is 1. The fourth-order valence-corrected chi connectivity index (χ4v) is 2.97. The van der Waals surface area contributed by atoms with Crippen molar-refractivity contribution in [2.45, 2.75) is 11.8 Å². The minimum absolute atomic E-state index is 0.187. The lowest BCUT2D eigenvalue weighted by molar-refractivity contribution is -0.385. The first-order valence-corrected chi connectivity index (χ1v) is 10.3. The van der Waals surface area contributed by atoms with Gasteiger partial charge in [-0.1, -0.05) is 6.07 Å². The highest BCUT2D eigenvalue weighted by Gasteiger charge is 2.19. The first-order chi connectivity index (χ1) is 13.6. The molecule has 10 nitrogen and oxygen atoms in total. The molecule has 2 aromatic rings. The van der Waals surface area contributed by atoms with Crippen LogP contribution in [0.3, 0.4) is 0 Å². The van der Waals surface area contributed by atoms with Gasteiger partial charge in [-0.3, -0.25) is 19.7 Å². The van der Waals surface area contributed by atoms with Crippen molar-refractivity contribution >= 4 is 33.0 Å². The highest BCUT2D eigenvalue weighted by Crippen LogP contribution is 2.23. The van der Waals surface area contributed by atoms with E-state index in [1.165, 1.54) is 6.07 Å². The van der Waals surface area contributed by atoms with E-state index in [1.807, 2.05) is 0 Å². The Morgan fingerprint density at radius 3 is 2.52 bits per heavy atom. The van der Waals surface area contributed by atoms with Gasteiger partial charge in [-0.2, -0.15) is 0 Å². The molecular weight excluding hydrogens is 402 g/mol. The van der Waals surface area contributed by atoms with Gasteiger partial charge in [0.25, 0.3) is 17.5 Å². The third-order valence-electron chi connectivity index (χ3n) is 3.63. The van der Waals surface area contributed by atoms with Gasteiger partial charge in [0, 0.05) is 42.3 Å². The summed E-state index contributed by atoms with van der Waals surface area (Å²) in [5, 5.41) is 16.2. The molecule has 0 aliphatic heterocycles. The number of hydrogen-bond acceptors (Lipinski definition) is 7. The number of benzene rings is 2.